The molecule has 0 amide bonds. The van der Waals surface area contributed by atoms with Crippen LogP contribution in [-0.2, 0) is 6.18 Å². The molecule has 1 aromatic carbocycles. The Bertz CT molecular complexity index is 1590. The predicted octanol–water partition coefficient (Wildman–Crippen LogP) is 6.34. The van der Waals surface area contributed by atoms with E-state index in [9.17, 15) is 13.2 Å². The summed E-state index contributed by atoms with van der Waals surface area (Å²) in [4.78, 5) is 21.2. The third-order valence-corrected chi connectivity index (χ3v) is 5.73. The molecule has 4 heterocycles. The lowest BCUT2D eigenvalue weighted by atomic mass is 10.0. The SMILES string of the molecule is CNc1cc(-c2cccnc2Nc2c(C)ccc3c(Nc4cncc(C(F)(F)F)c4)nccc23)ncn1. The maximum Gasteiger partial charge on any atom is 0.417 e. The maximum atomic E-state index is 13.2. The van der Waals surface area contributed by atoms with E-state index in [1.807, 2.05) is 43.3 Å². The molecule has 0 bridgehead atoms. The molecule has 37 heavy (non-hydrogen) atoms. The molecule has 0 radical (unpaired) electrons. The van der Waals surface area contributed by atoms with Gasteiger partial charge in [0, 0.05) is 48.0 Å². The molecule has 11 heteroatoms. The highest BCUT2D eigenvalue weighted by atomic mass is 19.4. The van der Waals surface area contributed by atoms with Gasteiger partial charge in [0.05, 0.1) is 28.8 Å². The second kappa shape index (κ2) is 9.69. The van der Waals surface area contributed by atoms with Crippen molar-refractivity contribution in [1.29, 1.82) is 0 Å². The Morgan fingerprint density at radius 3 is 2.46 bits per heavy atom. The maximum absolute atomic E-state index is 13.2. The van der Waals surface area contributed by atoms with Crippen molar-refractivity contribution < 1.29 is 13.2 Å². The number of hydrogen-bond acceptors (Lipinski definition) is 8. The summed E-state index contributed by atoms with van der Waals surface area (Å²) in [5.74, 6) is 1.66. The first kappa shape index (κ1) is 23.9. The summed E-state index contributed by atoms with van der Waals surface area (Å²) in [5, 5.41) is 10.9. The summed E-state index contributed by atoms with van der Waals surface area (Å²) in [7, 11) is 1.78. The van der Waals surface area contributed by atoms with Crippen molar-refractivity contribution in [2.24, 2.45) is 0 Å². The van der Waals surface area contributed by atoms with Crippen molar-refractivity contribution in [1.82, 2.24) is 24.9 Å². The lowest BCUT2D eigenvalue weighted by molar-refractivity contribution is -0.137. The first-order valence-corrected chi connectivity index (χ1v) is 11.2. The van der Waals surface area contributed by atoms with Gasteiger partial charge in [0.25, 0.3) is 0 Å². The molecular weight excluding hydrogens is 481 g/mol. The van der Waals surface area contributed by atoms with Crippen molar-refractivity contribution in [3.8, 4) is 11.3 Å². The third-order valence-electron chi connectivity index (χ3n) is 5.73. The van der Waals surface area contributed by atoms with E-state index in [0.29, 0.717) is 28.5 Å². The van der Waals surface area contributed by atoms with Crippen LogP contribution in [0.3, 0.4) is 0 Å². The summed E-state index contributed by atoms with van der Waals surface area (Å²) in [6, 6.07) is 12.2. The zero-order valence-corrected chi connectivity index (χ0v) is 19.8. The van der Waals surface area contributed by atoms with E-state index in [4.69, 9.17) is 0 Å². The number of rotatable bonds is 6. The van der Waals surface area contributed by atoms with Crippen LogP contribution in [0, 0.1) is 6.92 Å². The Labute approximate surface area is 210 Å². The quantitative estimate of drug-likeness (QED) is 0.247. The van der Waals surface area contributed by atoms with Crippen molar-refractivity contribution in [2.45, 2.75) is 13.1 Å². The van der Waals surface area contributed by atoms with E-state index in [-0.39, 0.29) is 5.69 Å². The molecule has 0 atom stereocenters. The molecule has 0 unspecified atom stereocenters. The summed E-state index contributed by atoms with van der Waals surface area (Å²) in [6.07, 6.45) is 2.37. The number of benzene rings is 1. The highest BCUT2D eigenvalue weighted by molar-refractivity contribution is 6.03. The number of pyridine rings is 3. The minimum absolute atomic E-state index is 0.182. The monoisotopic (exact) mass is 502 g/mol. The summed E-state index contributed by atoms with van der Waals surface area (Å²) >= 11 is 0. The fourth-order valence-corrected chi connectivity index (χ4v) is 3.90. The zero-order chi connectivity index (χ0) is 26.0. The molecule has 5 aromatic rings. The van der Waals surface area contributed by atoms with Gasteiger partial charge in [0.15, 0.2) is 0 Å². The van der Waals surface area contributed by atoms with E-state index in [1.165, 1.54) is 12.5 Å². The van der Waals surface area contributed by atoms with Crippen LogP contribution in [0.2, 0.25) is 0 Å². The first-order valence-electron chi connectivity index (χ1n) is 11.2. The fraction of sp³-hybridized carbons (Fsp3) is 0.115. The Hall–Kier alpha value is -4.80. The molecule has 8 nitrogen and oxygen atoms in total. The van der Waals surface area contributed by atoms with Crippen LogP contribution in [0.5, 0.6) is 0 Å². The van der Waals surface area contributed by atoms with Gasteiger partial charge in [0.2, 0.25) is 0 Å². The van der Waals surface area contributed by atoms with Crippen LogP contribution in [0.4, 0.5) is 42.0 Å². The number of aryl methyl sites for hydroxylation is 1. The summed E-state index contributed by atoms with van der Waals surface area (Å²) < 4.78 is 39.5. The number of anilines is 5. The molecule has 0 saturated heterocycles. The van der Waals surface area contributed by atoms with Gasteiger partial charge < -0.3 is 16.0 Å². The van der Waals surface area contributed by atoms with Crippen molar-refractivity contribution >= 4 is 39.6 Å². The molecule has 0 spiro atoms. The predicted molar refractivity (Wildman–Crippen MR) is 137 cm³/mol. The molecule has 4 aromatic heterocycles. The van der Waals surface area contributed by atoms with E-state index in [0.717, 1.165) is 34.5 Å². The zero-order valence-electron chi connectivity index (χ0n) is 19.8. The number of nitrogens with one attached hydrogen (secondary N) is 3. The molecule has 0 saturated carbocycles. The first-order chi connectivity index (χ1) is 17.8. The van der Waals surface area contributed by atoms with Crippen molar-refractivity contribution in [2.75, 3.05) is 23.0 Å². The normalized spacial score (nSPS) is 11.4. The second-order valence-electron chi connectivity index (χ2n) is 8.16. The van der Waals surface area contributed by atoms with Crippen molar-refractivity contribution in [3.05, 3.63) is 84.7 Å². The lowest BCUT2D eigenvalue weighted by Crippen LogP contribution is -2.06. The van der Waals surface area contributed by atoms with Gasteiger partial charge in [-0.1, -0.05) is 12.1 Å². The van der Waals surface area contributed by atoms with Gasteiger partial charge in [-0.3, -0.25) is 4.98 Å². The molecule has 0 aliphatic carbocycles. The highest BCUT2D eigenvalue weighted by Crippen LogP contribution is 2.36. The van der Waals surface area contributed by atoms with Crippen LogP contribution >= 0.6 is 0 Å². The van der Waals surface area contributed by atoms with E-state index in [1.54, 1.807) is 19.4 Å². The van der Waals surface area contributed by atoms with Gasteiger partial charge in [-0.25, -0.2) is 19.9 Å². The number of nitrogens with zero attached hydrogens (tertiary/aromatic N) is 5. The Kier molecular flexibility index (Phi) is 6.26. The molecule has 0 aliphatic rings. The number of alkyl halides is 3. The van der Waals surface area contributed by atoms with Crippen LogP contribution in [-0.4, -0.2) is 32.0 Å². The Balaban J connectivity index is 1.55. The summed E-state index contributed by atoms with van der Waals surface area (Å²) in [5.41, 5.74) is 2.54. The highest BCUT2D eigenvalue weighted by Gasteiger charge is 2.31. The molecule has 5 rings (SSSR count). The Morgan fingerprint density at radius 2 is 1.65 bits per heavy atom. The molecule has 0 fully saturated rings. The Morgan fingerprint density at radius 1 is 0.811 bits per heavy atom. The largest absolute Gasteiger partial charge is 0.417 e. The molecule has 186 valence electrons. The number of halogens is 3. The van der Waals surface area contributed by atoms with Gasteiger partial charge in [-0.05, 0) is 36.8 Å². The average Bonchev–Trinajstić information content (AvgIpc) is 2.90. The molecule has 0 aliphatic heterocycles. The fourth-order valence-electron chi connectivity index (χ4n) is 3.90. The van der Waals surface area contributed by atoms with Crippen LogP contribution < -0.4 is 16.0 Å². The van der Waals surface area contributed by atoms with Crippen LogP contribution in [0.25, 0.3) is 22.0 Å². The van der Waals surface area contributed by atoms with Gasteiger partial charge in [-0.15, -0.1) is 0 Å². The minimum Gasteiger partial charge on any atom is -0.373 e. The van der Waals surface area contributed by atoms with Crippen LogP contribution in [0.15, 0.2) is 73.6 Å². The minimum atomic E-state index is -4.50. The lowest BCUT2D eigenvalue weighted by Gasteiger charge is -2.17. The molecular formula is C26H21F3N8. The van der Waals surface area contributed by atoms with Gasteiger partial charge >= 0.3 is 6.18 Å². The van der Waals surface area contributed by atoms with E-state index < -0.39 is 11.7 Å². The van der Waals surface area contributed by atoms with Gasteiger partial charge in [0.1, 0.15) is 23.8 Å². The van der Waals surface area contributed by atoms with Gasteiger partial charge in [-0.2, -0.15) is 13.2 Å². The smallest absolute Gasteiger partial charge is 0.373 e. The van der Waals surface area contributed by atoms with Crippen LogP contribution in [0.1, 0.15) is 11.1 Å². The topological polar surface area (TPSA) is 101 Å². The van der Waals surface area contributed by atoms with E-state index in [2.05, 4.69) is 40.9 Å². The second-order valence-corrected chi connectivity index (χ2v) is 8.16. The summed E-state index contributed by atoms with van der Waals surface area (Å²) in [6.45, 7) is 1.96. The number of hydrogen-bond donors (Lipinski definition) is 3. The number of fused-ring (bicyclic) bond motifs is 1. The standard InChI is InChI=1S/C26H21F3N8/c1-15-5-6-19-18(7-9-33-24(19)36-17-10-16(12-31-13-17)26(27,28)29)23(15)37-25-20(4-3-8-32-25)21-11-22(30-2)35-14-34-21/h3-14H,1-2H3,(H,32,37)(H,33,36)(H,30,34,35). The third kappa shape index (κ3) is 4.96. The average molecular weight is 503 g/mol. The number of aromatic nitrogens is 5. The van der Waals surface area contributed by atoms with E-state index >= 15 is 0 Å². The molecule has 3 N–H and O–H groups in total. The van der Waals surface area contributed by atoms with Crippen molar-refractivity contribution in [3.63, 3.8) is 0 Å².